The lowest BCUT2D eigenvalue weighted by molar-refractivity contribution is -0.125. The molecule has 2 aromatic rings. The second kappa shape index (κ2) is 8.31. The quantitative estimate of drug-likeness (QED) is 0.842. The molecule has 1 aromatic heterocycles. The van der Waals surface area contributed by atoms with E-state index in [9.17, 15) is 9.59 Å². The highest BCUT2D eigenvalue weighted by atomic mass is 32.2. The van der Waals surface area contributed by atoms with Crippen molar-refractivity contribution in [1.29, 1.82) is 0 Å². The van der Waals surface area contributed by atoms with E-state index in [0.717, 1.165) is 6.42 Å². The molecule has 1 N–H and O–H groups in total. The van der Waals surface area contributed by atoms with Gasteiger partial charge in [-0.15, -0.1) is 11.8 Å². The Bertz CT molecular complexity index is 745. The zero-order chi connectivity index (χ0) is 18.5. The zero-order valence-electron chi connectivity index (χ0n) is 14.8. The van der Waals surface area contributed by atoms with Gasteiger partial charge >= 0.3 is 0 Å². The van der Waals surface area contributed by atoms with Gasteiger partial charge in [-0.05, 0) is 42.8 Å². The second-order valence-electron chi connectivity index (χ2n) is 5.95. The molecule has 1 fully saturated rings. The fourth-order valence-electron chi connectivity index (χ4n) is 2.94. The zero-order valence-corrected chi connectivity index (χ0v) is 15.6. The number of ether oxygens (including phenoxy) is 1. The van der Waals surface area contributed by atoms with Crippen molar-refractivity contribution in [3.8, 4) is 5.75 Å². The summed E-state index contributed by atoms with van der Waals surface area (Å²) in [6, 6.07) is 10.1. The van der Waals surface area contributed by atoms with E-state index in [1.165, 1.54) is 0 Å². The molecule has 1 aliphatic heterocycles. The Kier molecular flexibility index (Phi) is 5.88. The fraction of sp³-hybridized carbons (Fsp3) is 0.368. The largest absolute Gasteiger partial charge is 0.497 e. The molecule has 1 aromatic carbocycles. The lowest BCUT2D eigenvalue weighted by Gasteiger charge is -2.28. The van der Waals surface area contributed by atoms with E-state index in [4.69, 9.17) is 9.15 Å². The van der Waals surface area contributed by atoms with Crippen molar-refractivity contribution in [2.45, 2.75) is 31.3 Å². The number of thioether (sulfide) groups is 1. The van der Waals surface area contributed by atoms with Crippen LogP contribution in [0.1, 0.15) is 29.5 Å². The minimum absolute atomic E-state index is 0.0102. The third-order valence-electron chi connectivity index (χ3n) is 4.33. The third kappa shape index (κ3) is 3.88. The number of nitrogens with zero attached hydrogens (tertiary/aromatic N) is 1. The van der Waals surface area contributed by atoms with Crippen LogP contribution in [0.15, 0.2) is 47.1 Å². The van der Waals surface area contributed by atoms with Crippen LogP contribution < -0.4 is 10.1 Å². The molecule has 2 amide bonds. The first kappa shape index (κ1) is 18.4. The first-order valence-electron chi connectivity index (χ1n) is 8.52. The maximum absolute atomic E-state index is 13.0. The predicted octanol–water partition coefficient (Wildman–Crippen LogP) is 2.90. The van der Waals surface area contributed by atoms with Crippen LogP contribution in [0.3, 0.4) is 0 Å². The molecule has 138 valence electrons. The topological polar surface area (TPSA) is 71.8 Å². The molecule has 0 saturated carbocycles. The number of furan rings is 1. The highest BCUT2D eigenvalue weighted by Gasteiger charge is 2.40. The molecule has 2 atom stereocenters. The average Bonchev–Trinajstić information content (AvgIpc) is 3.35. The highest BCUT2D eigenvalue weighted by Crippen LogP contribution is 2.33. The summed E-state index contributed by atoms with van der Waals surface area (Å²) in [5.41, 5.74) is 0.551. The summed E-state index contributed by atoms with van der Waals surface area (Å²) in [7, 11) is 1.58. The van der Waals surface area contributed by atoms with Crippen molar-refractivity contribution >= 4 is 23.6 Å². The van der Waals surface area contributed by atoms with Crippen LogP contribution in [0, 0.1) is 0 Å². The Balaban J connectivity index is 1.73. The fourth-order valence-corrected chi connectivity index (χ4v) is 4.30. The summed E-state index contributed by atoms with van der Waals surface area (Å²) in [6.07, 6.45) is 2.36. The Morgan fingerprint density at radius 3 is 2.69 bits per heavy atom. The summed E-state index contributed by atoms with van der Waals surface area (Å²) in [5, 5.41) is 2.86. The van der Waals surface area contributed by atoms with Crippen molar-refractivity contribution in [2.24, 2.45) is 0 Å². The summed E-state index contributed by atoms with van der Waals surface area (Å²) >= 11 is 1.64. The molecule has 2 unspecified atom stereocenters. The normalized spacial score (nSPS) is 19.4. The molecule has 0 bridgehead atoms. The standard InChI is InChI=1S/C19H22N2O4S/c1-3-17-21(19(23)13-6-8-14(24-2)9-7-13)16(12-26-17)18(22)20-11-15-5-4-10-25-15/h4-10,16-17H,3,11-12H2,1-2H3,(H,20,22). The first-order chi connectivity index (χ1) is 12.6. The van der Waals surface area contributed by atoms with E-state index in [1.807, 2.05) is 6.92 Å². The molecular formula is C19H22N2O4S. The Hall–Kier alpha value is -2.41. The van der Waals surface area contributed by atoms with Gasteiger partial charge in [0.1, 0.15) is 17.6 Å². The van der Waals surface area contributed by atoms with E-state index >= 15 is 0 Å². The Morgan fingerprint density at radius 1 is 1.31 bits per heavy atom. The van der Waals surface area contributed by atoms with Gasteiger partial charge in [-0.25, -0.2) is 0 Å². The van der Waals surface area contributed by atoms with Gasteiger partial charge in [0.05, 0.1) is 25.3 Å². The number of hydrogen-bond acceptors (Lipinski definition) is 5. The molecule has 1 aliphatic rings. The van der Waals surface area contributed by atoms with Gasteiger partial charge in [0.15, 0.2) is 0 Å². The van der Waals surface area contributed by atoms with E-state index < -0.39 is 6.04 Å². The van der Waals surface area contributed by atoms with Gasteiger partial charge in [0.2, 0.25) is 5.91 Å². The Morgan fingerprint density at radius 2 is 2.08 bits per heavy atom. The van der Waals surface area contributed by atoms with Crippen LogP contribution in [0.4, 0.5) is 0 Å². The predicted molar refractivity (Wildman–Crippen MR) is 100 cm³/mol. The van der Waals surface area contributed by atoms with Crippen LogP contribution in [-0.4, -0.2) is 41.0 Å². The lowest BCUT2D eigenvalue weighted by Crippen LogP contribution is -2.49. The number of rotatable bonds is 6. The Labute approximate surface area is 156 Å². The van der Waals surface area contributed by atoms with Crippen molar-refractivity contribution < 1.29 is 18.7 Å². The minimum Gasteiger partial charge on any atom is -0.497 e. The molecule has 0 spiro atoms. The van der Waals surface area contributed by atoms with Gasteiger partial charge in [-0.2, -0.15) is 0 Å². The molecule has 26 heavy (non-hydrogen) atoms. The van der Waals surface area contributed by atoms with Crippen molar-refractivity contribution in [1.82, 2.24) is 10.2 Å². The van der Waals surface area contributed by atoms with Gasteiger partial charge in [0.25, 0.3) is 5.91 Å². The molecule has 6 nitrogen and oxygen atoms in total. The van der Waals surface area contributed by atoms with Gasteiger partial charge in [-0.1, -0.05) is 6.92 Å². The smallest absolute Gasteiger partial charge is 0.255 e. The molecule has 0 aliphatic carbocycles. The van der Waals surface area contributed by atoms with Crippen LogP contribution in [-0.2, 0) is 11.3 Å². The molecule has 3 rings (SSSR count). The molecule has 0 radical (unpaired) electrons. The number of carbonyl (C=O) groups excluding carboxylic acids is 2. The van der Waals surface area contributed by atoms with Crippen molar-refractivity contribution in [2.75, 3.05) is 12.9 Å². The lowest BCUT2D eigenvalue weighted by atomic mass is 10.1. The average molecular weight is 374 g/mol. The molecular weight excluding hydrogens is 352 g/mol. The molecule has 1 saturated heterocycles. The number of benzene rings is 1. The van der Waals surface area contributed by atoms with Crippen molar-refractivity contribution in [3.05, 3.63) is 54.0 Å². The van der Waals surface area contributed by atoms with Crippen LogP contribution in [0.25, 0.3) is 0 Å². The van der Waals surface area contributed by atoms with E-state index in [0.29, 0.717) is 29.4 Å². The monoisotopic (exact) mass is 374 g/mol. The van der Waals surface area contributed by atoms with Gasteiger partial charge < -0.3 is 19.4 Å². The number of carbonyl (C=O) groups is 2. The molecule has 7 heteroatoms. The first-order valence-corrected chi connectivity index (χ1v) is 9.57. The van der Waals surface area contributed by atoms with E-state index in [1.54, 1.807) is 66.4 Å². The summed E-state index contributed by atoms with van der Waals surface area (Å²) in [6.45, 7) is 2.34. The number of methoxy groups -OCH3 is 1. The summed E-state index contributed by atoms with van der Waals surface area (Å²) in [5.74, 6) is 1.67. The number of nitrogens with one attached hydrogen (secondary N) is 1. The van der Waals surface area contributed by atoms with Gasteiger partial charge in [0, 0.05) is 11.3 Å². The minimum atomic E-state index is -0.491. The number of hydrogen-bond donors (Lipinski definition) is 1. The van der Waals surface area contributed by atoms with Crippen molar-refractivity contribution in [3.63, 3.8) is 0 Å². The van der Waals surface area contributed by atoms with Crippen LogP contribution in [0.2, 0.25) is 0 Å². The maximum Gasteiger partial charge on any atom is 0.255 e. The van der Waals surface area contributed by atoms with Crippen LogP contribution >= 0.6 is 11.8 Å². The summed E-state index contributed by atoms with van der Waals surface area (Å²) in [4.78, 5) is 27.4. The summed E-state index contributed by atoms with van der Waals surface area (Å²) < 4.78 is 10.4. The van der Waals surface area contributed by atoms with E-state index in [-0.39, 0.29) is 17.2 Å². The molecule has 2 heterocycles. The maximum atomic E-state index is 13.0. The highest BCUT2D eigenvalue weighted by molar-refractivity contribution is 8.00. The van der Waals surface area contributed by atoms with E-state index in [2.05, 4.69) is 5.32 Å². The second-order valence-corrected chi connectivity index (χ2v) is 7.16. The third-order valence-corrected chi connectivity index (χ3v) is 5.79. The van der Waals surface area contributed by atoms with Crippen LogP contribution in [0.5, 0.6) is 5.75 Å². The van der Waals surface area contributed by atoms with Gasteiger partial charge in [-0.3, -0.25) is 9.59 Å². The number of amides is 2. The SMILES string of the molecule is CCC1SCC(C(=O)NCc2ccco2)N1C(=O)c1ccc(OC)cc1.